The number of unbranched alkanes of at least 4 members (excludes halogenated alkanes) is 1. The number of carbonyl (C=O) groups is 2. The van der Waals surface area contributed by atoms with Gasteiger partial charge in [-0.1, -0.05) is 51.5 Å². The van der Waals surface area contributed by atoms with Crippen molar-refractivity contribution < 1.29 is 23.1 Å². The lowest BCUT2D eigenvalue weighted by Gasteiger charge is -2.28. The number of para-hydroxylation sites is 1. The summed E-state index contributed by atoms with van der Waals surface area (Å²) in [7, 11) is 0. The summed E-state index contributed by atoms with van der Waals surface area (Å²) in [5.74, 6) is 0.0189. The molecule has 4 rings (SSSR count). The third-order valence-corrected chi connectivity index (χ3v) is 7.21. The average Bonchev–Trinajstić information content (AvgIpc) is 3.01. The van der Waals surface area contributed by atoms with Crippen LogP contribution >= 0.6 is 0 Å². The number of benzene rings is 3. The van der Waals surface area contributed by atoms with Crippen LogP contribution in [0.5, 0.6) is 5.75 Å². The summed E-state index contributed by atoms with van der Waals surface area (Å²) < 4.78 is 25.0. The van der Waals surface area contributed by atoms with E-state index in [4.69, 9.17) is 9.15 Å². The third-order valence-electron chi connectivity index (χ3n) is 7.21. The van der Waals surface area contributed by atoms with Gasteiger partial charge in [-0.15, -0.1) is 0 Å². The minimum atomic E-state index is -0.385. The largest absolute Gasteiger partial charge is 0.494 e. The molecule has 0 aliphatic carbocycles. The Hall–Kier alpha value is -4.46. The molecule has 226 valence electrons. The first-order chi connectivity index (χ1) is 20.7. The van der Waals surface area contributed by atoms with Gasteiger partial charge in [-0.05, 0) is 72.9 Å². The number of nitrogens with zero attached hydrogens (tertiary/aromatic N) is 2. The van der Waals surface area contributed by atoms with Crippen LogP contribution in [0.25, 0.3) is 11.0 Å². The molecule has 8 heteroatoms. The summed E-state index contributed by atoms with van der Waals surface area (Å²) in [6.45, 7) is 7.13. The van der Waals surface area contributed by atoms with E-state index < -0.39 is 0 Å². The lowest BCUT2D eigenvalue weighted by Crippen LogP contribution is -2.43. The van der Waals surface area contributed by atoms with Crippen molar-refractivity contribution in [3.05, 3.63) is 112 Å². The van der Waals surface area contributed by atoms with Crippen LogP contribution in [0, 0.1) is 11.7 Å². The van der Waals surface area contributed by atoms with Crippen molar-refractivity contribution in [1.29, 1.82) is 0 Å². The van der Waals surface area contributed by atoms with Crippen LogP contribution in [-0.2, 0) is 17.9 Å². The first-order valence-corrected chi connectivity index (χ1v) is 14.8. The van der Waals surface area contributed by atoms with Crippen molar-refractivity contribution in [2.24, 2.45) is 5.92 Å². The number of ether oxygens (including phenoxy) is 1. The van der Waals surface area contributed by atoms with Gasteiger partial charge >= 0.3 is 0 Å². The molecule has 0 N–H and O–H groups in total. The molecular weight excluding hydrogens is 547 g/mol. The SMILES string of the molecule is CCCCOc1ccc(C(=O)N(CCC(C)C)CC(=O)N(Cc2ccc(F)cc2)Cc2coc3ccccc3c2=O)cc1. The normalized spacial score (nSPS) is 11.1. The van der Waals surface area contributed by atoms with Crippen molar-refractivity contribution in [2.45, 2.75) is 53.1 Å². The van der Waals surface area contributed by atoms with E-state index in [2.05, 4.69) is 20.8 Å². The Labute approximate surface area is 251 Å². The van der Waals surface area contributed by atoms with Gasteiger partial charge in [0, 0.05) is 18.7 Å². The van der Waals surface area contributed by atoms with E-state index in [0.29, 0.717) is 58.9 Å². The Bertz CT molecular complexity index is 1560. The molecule has 0 bridgehead atoms. The van der Waals surface area contributed by atoms with Gasteiger partial charge in [0.15, 0.2) is 5.43 Å². The molecule has 0 saturated heterocycles. The van der Waals surface area contributed by atoms with Crippen molar-refractivity contribution in [1.82, 2.24) is 9.80 Å². The number of hydrogen-bond donors (Lipinski definition) is 0. The predicted molar refractivity (Wildman–Crippen MR) is 165 cm³/mol. The van der Waals surface area contributed by atoms with Crippen molar-refractivity contribution >= 4 is 22.8 Å². The van der Waals surface area contributed by atoms with Crippen LogP contribution in [0.2, 0.25) is 0 Å². The Morgan fingerprint density at radius 3 is 2.35 bits per heavy atom. The zero-order chi connectivity index (χ0) is 30.8. The van der Waals surface area contributed by atoms with Crippen molar-refractivity contribution in [3.8, 4) is 5.75 Å². The monoisotopic (exact) mass is 586 g/mol. The maximum atomic E-state index is 13.9. The standard InChI is InChI=1S/C35H39FN2O5/c1-4-5-20-42-30-16-12-27(13-17-30)35(41)37(19-18-25(2)3)23-33(39)38(21-26-10-14-29(36)15-11-26)22-28-24-43-32-9-7-6-8-31(32)34(28)40/h6-17,24-25H,4-5,18-23H2,1-3H3. The summed E-state index contributed by atoms with van der Waals surface area (Å²) in [6.07, 6.45) is 4.06. The minimum Gasteiger partial charge on any atom is -0.494 e. The molecule has 2 amide bonds. The van der Waals surface area contributed by atoms with Gasteiger partial charge in [0.05, 0.1) is 30.4 Å². The van der Waals surface area contributed by atoms with E-state index in [0.717, 1.165) is 12.8 Å². The Morgan fingerprint density at radius 1 is 0.930 bits per heavy atom. The van der Waals surface area contributed by atoms with E-state index in [9.17, 15) is 18.8 Å². The molecule has 4 aromatic rings. The number of fused-ring (bicyclic) bond motifs is 1. The van der Waals surface area contributed by atoms with Crippen LogP contribution in [0.1, 0.15) is 61.5 Å². The third kappa shape index (κ3) is 8.77. The molecule has 3 aromatic carbocycles. The Morgan fingerprint density at radius 2 is 1.65 bits per heavy atom. The van der Waals surface area contributed by atoms with E-state index >= 15 is 0 Å². The lowest BCUT2D eigenvalue weighted by molar-refractivity contribution is -0.133. The molecule has 0 saturated carbocycles. The minimum absolute atomic E-state index is 0.0284. The molecule has 0 unspecified atom stereocenters. The van der Waals surface area contributed by atoms with Crippen LogP contribution in [-0.4, -0.2) is 41.3 Å². The highest BCUT2D eigenvalue weighted by Crippen LogP contribution is 2.18. The van der Waals surface area contributed by atoms with Gasteiger partial charge < -0.3 is 19.0 Å². The second-order valence-electron chi connectivity index (χ2n) is 11.1. The smallest absolute Gasteiger partial charge is 0.254 e. The number of rotatable bonds is 14. The van der Waals surface area contributed by atoms with Crippen molar-refractivity contribution in [3.63, 3.8) is 0 Å². The highest BCUT2D eigenvalue weighted by atomic mass is 19.1. The Kier molecular flexibility index (Phi) is 11.1. The highest BCUT2D eigenvalue weighted by molar-refractivity contribution is 5.96. The molecule has 0 spiro atoms. The quantitative estimate of drug-likeness (QED) is 0.151. The summed E-state index contributed by atoms with van der Waals surface area (Å²) >= 11 is 0. The van der Waals surface area contributed by atoms with Crippen LogP contribution < -0.4 is 10.2 Å². The van der Waals surface area contributed by atoms with Gasteiger partial charge in [0.25, 0.3) is 5.91 Å². The fourth-order valence-electron chi connectivity index (χ4n) is 4.62. The highest BCUT2D eigenvalue weighted by Gasteiger charge is 2.24. The van der Waals surface area contributed by atoms with Gasteiger partial charge in [-0.2, -0.15) is 0 Å². The molecule has 0 aliphatic heterocycles. The first kappa shape index (κ1) is 31.5. The predicted octanol–water partition coefficient (Wildman–Crippen LogP) is 6.83. The fraction of sp³-hybridized carbons (Fsp3) is 0.343. The maximum absolute atomic E-state index is 13.9. The zero-order valence-electron chi connectivity index (χ0n) is 25.1. The topological polar surface area (TPSA) is 80.1 Å². The molecule has 0 atom stereocenters. The van der Waals surface area contributed by atoms with E-state index in [1.165, 1.54) is 23.3 Å². The molecule has 0 aliphatic rings. The van der Waals surface area contributed by atoms with E-state index in [-0.39, 0.29) is 42.7 Å². The second kappa shape index (κ2) is 15.1. The zero-order valence-corrected chi connectivity index (χ0v) is 25.1. The van der Waals surface area contributed by atoms with Crippen molar-refractivity contribution in [2.75, 3.05) is 19.7 Å². The number of hydrogen-bond acceptors (Lipinski definition) is 5. The molecule has 0 radical (unpaired) electrons. The molecule has 43 heavy (non-hydrogen) atoms. The van der Waals surface area contributed by atoms with E-state index in [1.807, 2.05) is 0 Å². The molecule has 0 fully saturated rings. The average molecular weight is 587 g/mol. The summed E-state index contributed by atoms with van der Waals surface area (Å²) in [4.78, 5) is 43.9. The van der Waals surface area contributed by atoms with E-state index in [1.54, 1.807) is 65.6 Å². The molecule has 1 aromatic heterocycles. The van der Waals surface area contributed by atoms with Gasteiger partial charge in [0.1, 0.15) is 23.7 Å². The molecular formula is C35H39FN2O5. The number of halogens is 1. The van der Waals surface area contributed by atoms with Crippen LogP contribution in [0.3, 0.4) is 0 Å². The summed E-state index contributed by atoms with van der Waals surface area (Å²) in [5.41, 5.74) is 1.69. The van der Waals surface area contributed by atoms with Crippen LogP contribution in [0.15, 0.2) is 88.3 Å². The molecule has 1 heterocycles. The Balaban J connectivity index is 1.58. The number of carbonyl (C=O) groups excluding carboxylic acids is 2. The van der Waals surface area contributed by atoms with Gasteiger partial charge in [0.2, 0.25) is 5.91 Å². The summed E-state index contributed by atoms with van der Waals surface area (Å²) in [5, 5.41) is 0.421. The first-order valence-electron chi connectivity index (χ1n) is 14.8. The fourth-order valence-corrected chi connectivity index (χ4v) is 4.62. The molecule has 7 nitrogen and oxygen atoms in total. The van der Waals surface area contributed by atoms with Gasteiger partial charge in [-0.25, -0.2) is 4.39 Å². The van der Waals surface area contributed by atoms with Gasteiger partial charge in [-0.3, -0.25) is 14.4 Å². The number of amides is 2. The summed E-state index contributed by atoms with van der Waals surface area (Å²) in [6, 6.07) is 19.8. The maximum Gasteiger partial charge on any atom is 0.254 e. The van der Waals surface area contributed by atoms with Crippen LogP contribution in [0.4, 0.5) is 4.39 Å². The second-order valence-corrected chi connectivity index (χ2v) is 11.1. The lowest BCUT2D eigenvalue weighted by atomic mass is 10.1.